The van der Waals surface area contributed by atoms with Crippen LogP contribution in [0.3, 0.4) is 0 Å². The van der Waals surface area contributed by atoms with E-state index in [0.29, 0.717) is 0 Å². The molecule has 0 amide bonds. The molecule has 3 nitrogen and oxygen atoms in total. The summed E-state index contributed by atoms with van der Waals surface area (Å²) in [4.78, 5) is 0. The van der Waals surface area contributed by atoms with E-state index in [2.05, 4.69) is 26.1 Å². The lowest BCUT2D eigenvalue weighted by Gasteiger charge is -2.02. The third kappa shape index (κ3) is 1.31. The molecular weight excluding hydrogens is 232 g/mol. The van der Waals surface area contributed by atoms with Crippen LogP contribution < -0.4 is 4.74 Å². The Kier molecular flexibility index (Phi) is 2.00. The first-order valence-electron chi connectivity index (χ1n) is 3.90. The summed E-state index contributed by atoms with van der Waals surface area (Å²) in [5, 5.41) is 8.17. The lowest BCUT2D eigenvalue weighted by Crippen LogP contribution is -1.84. The van der Waals surface area contributed by atoms with Crippen LogP contribution in [0.15, 0.2) is 16.6 Å². The maximum atomic E-state index is 5.19. The van der Waals surface area contributed by atoms with Gasteiger partial charge in [0.2, 0.25) is 0 Å². The first kappa shape index (κ1) is 8.56. The Morgan fingerprint density at radius 2 is 2.23 bits per heavy atom. The molecule has 0 unspecified atom stereocenters. The van der Waals surface area contributed by atoms with Crippen molar-refractivity contribution in [3.8, 4) is 5.75 Å². The molecule has 13 heavy (non-hydrogen) atoms. The standard InChI is InChI=1S/C9H9BrN2O/c1-5-6-3-9(13-2)7(10)4-8(6)12-11-5/h3-4H,1-2H3,(H,11,12). The molecule has 0 aliphatic carbocycles. The summed E-state index contributed by atoms with van der Waals surface area (Å²) < 4.78 is 6.11. The van der Waals surface area contributed by atoms with Gasteiger partial charge in [-0.05, 0) is 35.0 Å². The van der Waals surface area contributed by atoms with Crippen LogP contribution in [0.5, 0.6) is 5.75 Å². The Labute approximate surface area is 84.2 Å². The van der Waals surface area contributed by atoms with E-state index < -0.39 is 0 Å². The SMILES string of the molecule is COc1cc2c(C)[nH]nc2cc1Br. The smallest absolute Gasteiger partial charge is 0.133 e. The summed E-state index contributed by atoms with van der Waals surface area (Å²) in [5.74, 6) is 0.831. The van der Waals surface area contributed by atoms with Gasteiger partial charge in [0, 0.05) is 11.1 Å². The third-order valence-corrected chi connectivity index (χ3v) is 2.64. The molecule has 2 aromatic rings. The van der Waals surface area contributed by atoms with Crippen LogP contribution in [0, 0.1) is 6.92 Å². The molecule has 0 saturated carbocycles. The molecule has 0 atom stereocenters. The molecule has 1 aromatic heterocycles. The number of ether oxygens (including phenoxy) is 1. The summed E-state index contributed by atoms with van der Waals surface area (Å²) in [5.41, 5.74) is 2.01. The van der Waals surface area contributed by atoms with Crippen molar-refractivity contribution in [2.24, 2.45) is 0 Å². The predicted octanol–water partition coefficient (Wildman–Crippen LogP) is 2.64. The second-order valence-electron chi connectivity index (χ2n) is 2.85. The third-order valence-electron chi connectivity index (χ3n) is 2.02. The quantitative estimate of drug-likeness (QED) is 0.833. The Balaban J connectivity index is 2.77. The van der Waals surface area contributed by atoms with Crippen LogP contribution in [0.2, 0.25) is 0 Å². The van der Waals surface area contributed by atoms with Crippen LogP contribution in [-0.4, -0.2) is 17.3 Å². The molecular formula is C9H9BrN2O. The summed E-state index contributed by atoms with van der Waals surface area (Å²) in [6.45, 7) is 1.99. The molecule has 1 N–H and O–H groups in total. The zero-order valence-electron chi connectivity index (χ0n) is 7.39. The van der Waals surface area contributed by atoms with Crippen molar-refractivity contribution in [3.63, 3.8) is 0 Å². The maximum absolute atomic E-state index is 5.19. The predicted molar refractivity (Wildman–Crippen MR) is 55.1 cm³/mol. The highest BCUT2D eigenvalue weighted by Crippen LogP contribution is 2.30. The monoisotopic (exact) mass is 240 g/mol. The lowest BCUT2D eigenvalue weighted by molar-refractivity contribution is 0.413. The largest absolute Gasteiger partial charge is 0.496 e. The molecule has 68 valence electrons. The van der Waals surface area contributed by atoms with Crippen molar-refractivity contribution in [2.75, 3.05) is 7.11 Å². The number of aromatic nitrogens is 2. The van der Waals surface area contributed by atoms with Crippen LogP contribution >= 0.6 is 15.9 Å². The van der Waals surface area contributed by atoms with Gasteiger partial charge in [-0.1, -0.05) is 0 Å². The van der Waals surface area contributed by atoms with Gasteiger partial charge in [-0.15, -0.1) is 0 Å². The number of H-pyrrole nitrogens is 1. The molecule has 4 heteroatoms. The van der Waals surface area contributed by atoms with Gasteiger partial charge in [-0.2, -0.15) is 5.10 Å². The molecule has 1 heterocycles. The van der Waals surface area contributed by atoms with Crippen LogP contribution in [-0.2, 0) is 0 Å². The summed E-state index contributed by atoms with van der Waals surface area (Å²) in [6.07, 6.45) is 0. The van der Waals surface area contributed by atoms with Crippen LogP contribution in [0.25, 0.3) is 10.9 Å². The molecule has 1 aromatic carbocycles. The molecule has 0 saturated heterocycles. The second kappa shape index (κ2) is 3.03. The number of benzene rings is 1. The van der Waals surface area contributed by atoms with E-state index in [1.165, 1.54) is 0 Å². The van der Waals surface area contributed by atoms with E-state index in [0.717, 1.165) is 26.8 Å². The average Bonchev–Trinajstić information content (AvgIpc) is 2.46. The van der Waals surface area contributed by atoms with Crippen molar-refractivity contribution in [1.29, 1.82) is 0 Å². The minimum Gasteiger partial charge on any atom is -0.496 e. The van der Waals surface area contributed by atoms with E-state index in [4.69, 9.17) is 4.74 Å². The number of rotatable bonds is 1. The highest BCUT2D eigenvalue weighted by Gasteiger charge is 2.06. The minimum atomic E-state index is 0.831. The highest BCUT2D eigenvalue weighted by atomic mass is 79.9. The number of hydrogen-bond acceptors (Lipinski definition) is 2. The first-order valence-corrected chi connectivity index (χ1v) is 4.70. The topological polar surface area (TPSA) is 37.9 Å². The second-order valence-corrected chi connectivity index (χ2v) is 3.71. The van der Waals surface area contributed by atoms with Crippen molar-refractivity contribution in [1.82, 2.24) is 10.2 Å². The molecule has 0 bridgehead atoms. The molecule has 0 aliphatic heterocycles. The fourth-order valence-corrected chi connectivity index (χ4v) is 1.79. The Bertz CT molecular complexity index is 450. The van der Waals surface area contributed by atoms with Crippen molar-refractivity contribution in [2.45, 2.75) is 6.92 Å². The van der Waals surface area contributed by atoms with Gasteiger partial charge in [0.15, 0.2) is 0 Å². The number of aromatic amines is 1. The van der Waals surface area contributed by atoms with Gasteiger partial charge in [-0.25, -0.2) is 0 Å². The van der Waals surface area contributed by atoms with Gasteiger partial charge in [0.1, 0.15) is 5.75 Å². The Morgan fingerprint density at radius 1 is 1.46 bits per heavy atom. The number of methoxy groups -OCH3 is 1. The van der Waals surface area contributed by atoms with Gasteiger partial charge >= 0.3 is 0 Å². The van der Waals surface area contributed by atoms with Gasteiger partial charge in [0.05, 0.1) is 17.1 Å². The van der Waals surface area contributed by atoms with Crippen LogP contribution in [0.4, 0.5) is 0 Å². The Morgan fingerprint density at radius 3 is 2.92 bits per heavy atom. The molecule has 0 radical (unpaired) electrons. The summed E-state index contributed by atoms with van der Waals surface area (Å²) in [7, 11) is 1.65. The summed E-state index contributed by atoms with van der Waals surface area (Å²) >= 11 is 3.41. The van der Waals surface area contributed by atoms with E-state index >= 15 is 0 Å². The minimum absolute atomic E-state index is 0.831. The zero-order valence-corrected chi connectivity index (χ0v) is 8.97. The highest BCUT2D eigenvalue weighted by molar-refractivity contribution is 9.10. The molecule has 0 aliphatic rings. The fraction of sp³-hybridized carbons (Fsp3) is 0.222. The van der Waals surface area contributed by atoms with E-state index in [1.54, 1.807) is 7.11 Å². The van der Waals surface area contributed by atoms with E-state index in [9.17, 15) is 0 Å². The lowest BCUT2D eigenvalue weighted by atomic mass is 10.2. The molecule has 2 rings (SSSR count). The van der Waals surface area contributed by atoms with Crippen LogP contribution in [0.1, 0.15) is 5.69 Å². The average molecular weight is 241 g/mol. The number of hydrogen-bond donors (Lipinski definition) is 1. The zero-order chi connectivity index (χ0) is 9.42. The molecule has 0 spiro atoms. The van der Waals surface area contributed by atoms with Crippen molar-refractivity contribution < 1.29 is 4.74 Å². The maximum Gasteiger partial charge on any atom is 0.133 e. The summed E-state index contributed by atoms with van der Waals surface area (Å²) in [6, 6.07) is 3.91. The number of nitrogens with one attached hydrogen (secondary N) is 1. The van der Waals surface area contributed by atoms with Crippen molar-refractivity contribution in [3.05, 3.63) is 22.3 Å². The number of halogens is 1. The normalized spacial score (nSPS) is 10.7. The van der Waals surface area contributed by atoms with Gasteiger partial charge < -0.3 is 4.74 Å². The van der Waals surface area contributed by atoms with Gasteiger partial charge in [0.25, 0.3) is 0 Å². The van der Waals surface area contributed by atoms with E-state index in [1.807, 2.05) is 19.1 Å². The fourth-order valence-electron chi connectivity index (χ4n) is 1.30. The molecule has 0 fully saturated rings. The number of nitrogens with zero attached hydrogens (tertiary/aromatic N) is 1. The van der Waals surface area contributed by atoms with Crippen molar-refractivity contribution >= 4 is 26.8 Å². The van der Waals surface area contributed by atoms with Gasteiger partial charge in [-0.3, -0.25) is 5.10 Å². The first-order chi connectivity index (χ1) is 6.22. The number of fused-ring (bicyclic) bond motifs is 1. The Hall–Kier alpha value is -1.03. The van der Waals surface area contributed by atoms with E-state index in [-0.39, 0.29) is 0 Å². The number of aryl methyl sites for hydroxylation is 1.